The predicted molar refractivity (Wildman–Crippen MR) is 85.1 cm³/mol. The Bertz CT molecular complexity index is 392. The first-order valence-corrected chi connectivity index (χ1v) is 8.42. The number of thioether (sulfide) groups is 1. The number of ketones is 1. The summed E-state index contributed by atoms with van der Waals surface area (Å²) in [5.41, 5.74) is 0. The summed E-state index contributed by atoms with van der Waals surface area (Å²) in [4.78, 5) is 13.0. The summed E-state index contributed by atoms with van der Waals surface area (Å²) < 4.78 is 0. The molecule has 1 nitrogen and oxygen atoms in total. The second-order valence-corrected chi connectivity index (χ2v) is 6.30. The Morgan fingerprint density at radius 2 is 2.05 bits per heavy atom. The van der Waals surface area contributed by atoms with Crippen LogP contribution in [0.2, 0.25) is 5.02 Å². The highest BCUT2D eigenvalue weighted by molar-refractivity contribution is 8.00. The van der Waals surface area contributed by atoms with Gasteiger partial charge < -0.3 is 0 Å². The van der Waals surface area contributed by atoms with Crippen molar-refractivity contribution >= 4 is 29.1 Å². The average molecular weight is 299 g/mol. The topological polar surface area (TPSA) is 17.1 Å². The number of halogens is 1. The first kappa shape index (κ1) is 16.6. The summed E-state index contributed by atoms with van der Waals surface area (Å²) in [7, 11) is 0. The number of hydrogen-bond acceptors (Lipinski definition) is 2. The fourth-order valence-corrected chi connectivity index (χ4v) is 3.16. The van der Waals surface area contributed by atoms with E-state index in [1.165, 1.54) is 19.3 Å². The summed E-state index contributed by atoms with van der Waals surface area (Å²) in [5, 5.41) is 0.735. The van der Waals surface area contributed by atoms with Crippen molar-refractivity contribution in [1.29, 1.82) is 0 Å². The van der Waals surface area contributed by atoms with Gasteiger partial charge in [0.05, 0.1) is 10.8 Å². The van der Waals surface area contributed by atoms with Gasteiger partial charge in [0.25, 0.3) is 0 Å². The van der Waals surface area contributed by atoms with Crippen LogP contribution in [0.1, 0.15) is 46.0 Å². The normalized spacial score (nSPS) is 12.4. The van der Waals surface area contributed by atoms with Crippen LogP contribution in [-0.4, -0.2) is 11.5 Å². The largest absolute Gasteiger partial charge is 0.299 e. The van der Waals surface area contributed by atoms with Gasteiger partial charge in [0, 0.05) is 11.3 Å². The van der Waals surface area contributed by atoms with Gasteiger partial charge in [0.2, 0.25) is 0 Å². The lowest BCUT2D eigenvalue weighted by molar-refractivity contribution is -0.117. The Morgan fingerprint density at radius 3 is 2.68 bits per heavy atom. The maximum Gasteiger partial charge on any atom is 0.143 e. The highest BCUT2D eigenvalue weighted by Gasteiger charge is 2.12. The van der Waals surface area contributed by atoms with Crippen molar-refractivity contribution in [1.82, 2.24) is 0 Å². The molecule has 106 valence electrons. The molecule has 1 aromatic carbocycles. The van der Waals surface area contributed by atoms with Gasteiger partial charge in [-0.05, 0) is 18.1 Å². The van der Waals surface area contributed by atoms with Gasteiger partial charge in [-0.25, -0.2) is 0 Å². The van der Waals surface area contributed by atoms with Crippen LogP contribution < -0.4 is 0 Å². The summed E-state index contributed by atoms with van der Waals surface area (Å²) >= 11 is 7.63. The van der Waals surface area contributed by atoms with Crippen molar-refractivity contribution in [2.75, 3.05) is 5.75 Å². The number of hydrogen-bond donors (Lipinski definition) is 0. The van der Waals surface area contributed by atoms with Gasteiger partial charge >= 0.3 is 0 Å². The maximum absolute atomic E-state index is 12.0. The SMILES string of the molecule is CCCCC(CC)CC(=O)CSc1ccccc1Cl. The Balaban J connectivity index is 2.36. The molecule has 0 aliphatic carbocycles. The van der Waals surface area contributed by atoms with Crippen LogP contribution in [0.3, 0.4) is 0 Å². The van der Waals surface area contributed by atoms with Crippen LogP contribution in [-0.2, 0) is 4.79 Å². The number of Topliss-reactive ketones (excluding diaryl/α,β-unsaturated/α-hetero) is 1. The van der Waals surface area contributed by atoms with Gasteiger partial charge in [-0.15, -0.1) is 11.8 Å². The molecule has 1 rings (SSSR count). The second kappa shape index (κ2) is 9.44. The molecular formula is C16H23ClOS. The fourth-order valence-electron chi connectivity index (χ4n) is 2.04. The maximum atomic E-state index is 12.0. The van der Waals surface area contributed by atoms with Gasteiger partial charge in [0.15, 0.2) is 0 Å². The van der Waals surface area contributed by atoms with E-state index >= 15 is 0 Å². The summed E-state index contributed by atoms with van der Waals surface area (Å²) in [5.74, 6) is 1.43. The molecular weight excluding hydrogens is 276 g/mol. The summed E-state index contributed by atoms with van der Waals surface area (Å²) in [6.07, 6.45) is 5.43. The lowest BCUT2D eigenvalue weighted by Gasteiger charge is -2.13. The standard InChI is InChI=1S/C16H23ClOS/c1-3-5-8-13(4-2)11-14(18)12-19-16-10-7-6-9-15(16)17/h6-7,9-10,13H,3-5,8,11-12H2,1-2H3. The number of unbranched alkanes of at least 4 members (excludes halogenated alkanes) is 1. The molecule has 0 bridgehead atoms. The molecule has 0 amide bonds. The monoisotopic (exact) mass is 298 g/mol. The van der Waals surface area contributed by atoms with Gasteiger partial charge in [-0.1, -0.05) is 63.3 Å². The van der Waals surface area contributed by atoms with E-state index in [1.807, 2.05) is 24.3 Å². The average Bonchev–Trinajstić information content (AvgIpc) is 2.42. The molecule has 1 unspecified atom stereocenters. The first-order valence-electron chi connectivity index (χ1n) is 7.06. The molecule has 0 heterocycles. The quantitative estimate of drug-likeness (QED) is 0.551. The third kappa shape index (κ3) is 6.49. The van der Waals surface area contributed by atoms with E-state index in [4.69, 9.17) is 11.6 Å². The van der Waals surface area contributed by atoms with Crippen molar-refractivity contribution in [3.8, 4) is 0 Å². The van der Waals surface area contributed by atoms with E-state index in [1.54, 1.807) is 11.8 Å². The minimum atomic E-state index is 0.341. The minimum Gasteiger partial charge on any atom is -0.299 e. The van der Waals surface area contributed by atoms with Crippen LogP contribution in [0.15, 0.2) is 29.2 Å². The molecule has 0 aliphatic heterocycles. The second-order valence-electron chi connectivity index (χ2n) is 4.88. The van der Waals surface area contributed by atoms with E-state index in [2.05, 4.69) is 13.8 Å². The molecule has 0 radical (unpaired) electrons. The van der Waals surface area contributed by atoms with E-state index in [0.29, 0.717) is 23.9 Å². The van der Waals surface area contributed by atoms with Crippen LogP contribution >= 0.6 is 23.4 Å². The fraction of sp³-hybridized carbons (Fsp3) is 0.562. The Kier molecular flexibility index (Phi) is 8.24. The molecule has 0 aromatic heterocycles. The zero-order valence-corrected chi connectivity index (χ0v) is 13.4. The van der Waals surface area contributed by atoms with Gasteiger partial charge in [0.1, 0.15) is 5.78 Å². The van der Waals surface area contributed by atoms with Crippen molar-refractivity contribution in [2.45, 2.75) is 50.8 Å². The molecule has 19 heavy (non-hydrogen) atoms. The number of carbonyl (C=O) groups excluding carboxylic acids is 1. The zero-order valence-electron chi connectivity index (χ0n) is 11.8. The lowest BCUT2D eigenvalue weighted by atomic mass is 9.94. The third-order valence-corrected chi connectivity index (χ3v) is 4.86. The number of benzene rings is 1. The molecule has 0 spiro atoms. The number of rotatable bonds is 9. The van der Waals surface area contributed by atoms with E-state index in [-0.39, 0.29) is 0 Å². The van der Waals surface area contributed by atoms with Crippen LogP contribution in [0.25, 0.3) is 0 Å². The third-order valence-electron chi connectivity index (χ3n) is 3.28. The summed E-state index contributed by atoms with van der Waals surface area (Å²) in [6.45, 7) is 4.37. The minimum absolute atomic E-state index is 0.341. The van der Waals surface area contributed by atoms with Crippen molar-refractivity contribution < 1.29 is 4.79 Å². The first-order chi connectivity index (χ1) is 9.17. The Morgan fingerprint density at radius 1 is 1.32 bits per heavy atom. The van der Waals surface area contributed by atoms with Crippen LogP contribution in [0, 0.1) is 5.92 Å². The molecule has 1 atom stereocenters. The van der Waals surface area contributed by atoms with Crippen molar-refractivity contribution in [3.05, 3.63) is 29.3 Å². The van der Waals surface area contributed by atoms with E-state index in [0.717, 1.165) is 16.3 Å². The molecule has 0 saturated heterocycles. The van der Waals surface area contributed by atoms with Crippen molar-refractivity contribution in [2.24, 2.45) is 5.92 Å². The molecule has 0 fully saturated rings. The van der Waals surface area contributed by atoms with Gasteiger partial charge in [-0.2, -0.15) is 0 Å². The highest BCUT2D eigenvalue weighted by atomic mass is 35.5. The lowest BCUT2D eigenvalue weighted by Crippen LogP contribution is -2.10. The Labute approximate surface area is 126 Å². The molecule has 3 heteroatoms. The smallest absolute Gasteiger partial charge is 0.143 e. The van der Waals surface area contributed by atoms with Crippen LogP contribution in [0.5, 0.6) is 0 Å². The van der Waals surface area contributed by atoms with Crippen LogP contribution in [0.4, 0.5) is 0 Å². The zero-order chi connectivity index (χ0) is 14.1. The highest BCUT2D eigenvalue weighted by Crippen LogP contribution is 2.27. The molecule has 1 aromatic rings. The predicted octanol–water partition coefficient (Wildman–Crippen LogP) is 5.61. The molecule has 0 N–H and O–H groups in total. The summed E-state index contributed by atoms with van der Waals surface area (Å²) in [6, 6.07) is 7.69. The van der Waals surface area contributed by atoms with Gasteiger partial charge in [-0.3, -0.25) is 4.79 Å². The number of carbonyl (C=O) groups is 1. The molecule has 0 aliphatic rings. The van der Waals surface area contributed by atoms with E-state index < -0.39 is 0 Å². The van der Waals surface area contributed by atoms with E-state index in [9.17, 15) is 4.79 Å². The van der Waals surface area contributed by atoms with Crippen molar-refractivity contribution in [3.63, 3.8) is 0 Å². The molecule has 0 saturated carbocycles. The Hall–Kier alpha value is -0.470.